The molecule has 2 fully saturated rings. The number of piperidine rings is 2. The van der Waals surface area contributed by atoms with Crippen LogP contribution in [0, 0.1) is 0 Å². The maximum absolute atomic E-state index is 12.3. The van der Waals surface area contributed by atoms with Crippen LogP contribution in [-0.4, -0.2) is 57.3 Å². The van der Waals surface area contributed by atoms with Gasteiger partial charge in [0.2, 0.25) is 5.95 Å². The van der Waals surface area contributed by atoms with E-state index < -0.39 is 0 Å². The second-order valence-electron chi connectivity index (χ2n) is 7.69. The van der Waals surface area contributed by atoms with Gasteiger partial charge >= 0.3 is 0 Å². The molecule has 0 bridgehead atoms. The van der Waals surface area contributed by atoms with Gasteiger partial charge in [0.25, 0.3) is 5.56 Å². The molecule has 0 unspecified atom stereocenters. The Bertz CT molecular complexity index is 833. The third kappa shape index (κ3) is 4.72. The summed E-state index contributed by atoms with van der Waals surface area (Å²) in [5.74, 6) is 1.05. The van der Waals surface area contributed by atoms with Gasteiger partial charge < -0.3 is 4.90 Å². The van der Waals surface area contributed by atoms with Gasteiger partial charge in [-0.1, -0.05) is 11.8 Å². The molecule has 2 aromatic heterocycles. The molecule has 1 N–H and O–H groups in total. The van der Waals surface area contributed by atoms with Crippen LogP contribution in [0.15, 0.2) is 28.4 Å². The van der Waals surface area contributed by atoms with Crippen LogP contribution in [0.3, 0.4) is 0 Å². The molecule has 0 saturated carbocycles. The van der Waals surface area contributed by atoms with Crippen molar-refractivity contribution in [3.8, 4) is 0 Å². The quantitative estimate of drug-likeness (QED) is 0.611. The first-order valence-electron chi connectivity index (χ1n) is 10.1. The van der Waals surface area contributed by atoms with Crippen molar-refractivity contribution in [2.24, 2.45) is 0 Å². The highest BCUT2D eigenvalue weighted by atomic mass is 32.2. The lowest BCUT2D eigenvalue weighted by Gasteiger charge is -2.33. The molecule has 0 aromatic carbocycles. The molecule has 0 amide bonds. The number of anilines is 1. The van der Waals surface area contributed by atoms with Gasteiger partial charge in [0.15, 0.2) is 5.16 Å². The second kappa shape index (κ2) is 9.05. The van der Waals surface area contributed by atoms with Crippen LogP contribution in [0.2, 0.25) is 0 Å². The van der Waals surface area contributed by atoms with Gasteiger partial charge in [0, 0.05) is 56.1 Å². The average molecular weight is 401 g/mol. The van der Waals surface area contributed by atoms with Crippen molar-refractivity contribution in [3.63, 3.8) is 0 Å². The molecule has 2 aliphatic rings. The highest BCUT2D eigenvalue weighted by molar-refractivity contribution is 7.98. The Kier molecular flexibility index (Phi) is 6.26. The van der Waals surface area contributed by atoms with E-state index in [1.165, 1.54) is 19.3 Å². The van der Waals surface area contributed by atoms with E-state index in [1.807, 2.05) is 18.6 Å². The van der Waals surface area contributed by atoms with Crippen molar-refractivity contribution in [3.05, 3.63) is 40.1 Å². The van der Waals surface area contributed by atoms with Crippen molar-refractivity contribution in [2.75, 3.05) is 37.3 Å². The van der Waals surface area contributed by atoms with Crippen LogP contribution in [0.25, 0.3) is 0 Å². The third-order valence-electron chi connectivity index (χ3n) is 5.60. The summed E-state index contributed by atoms with van der Waals surface area (Å²) in [6.07, 6.45) is 11.6. The zero-order chi connectivity index (χ0) is 19.3. The van der Waals surface area contributed by atoms with Gasteiger partial charge in [-0.05, 0) is 44.9 Å². The monoisotopic (exact) mass is 400 g/mol. The van der Waals surface area contributed by atoms with Crippen LogP contribution in [0.4, 0.5) is 5.95 Å². The summed E-state index contributed by atoms with van der Waals surface area (Å²) < 4.78 is 0. The molecular weight excluding hydrogens is 372 g/mol. The minimum absolute atomic E-state index is 0.0382. The van der Waals surface area contributed by atoms with Crippen molar-refractivity contribution in [1.82, 2.24) is 24.8 Å². The molecule has 2 saturated heterocycles. The maximum atomic E-state index is 12.3. The van der Waals surface area contributed by atoms with Gasteiger partial charge in [0.1, 0.15) is 0 Å². The predicted octanol–water partition coefficient (Wildman–Crippen LogP) is 2.65. The van der Waals surface area contributed by atoms with Gasteiger partial charge in [-0.2, -0.15) is 0 Å². The fourth-order valence-electron chi connectivity index (χ4n) is 4.16. The van der Waals surface area contributed by atoms with Crippen LogP contribution in [-0.2, 0) is 6.54 Å². The van der Waals surface area contributed by atoms with Gasteiger partial charge in [0.05, 0.1) is 5.69 Å². The fraction of sp³-hybridized carbons (Fsp3) is 0.600. The number of nitrogens with zero attached hydrogens (tertiary/aromatic N) is 5. The van der Waals surface area contributed by atoms with Crippen LogP contribution in [0.1, 0.15) is 49.3 Å². The Balaban J connectivity index is 1.46. The van der Waals surface area contributed by atoms with E-state index in [2.05, 4.69) is 24.8 Å². The number of aromatic nitrogens is 4. The summed E-state index contributed by atoms with van der Waals surface area (Å²) >= 11 is 1.55. The normalized spacial score (nSPS) is 21.0. The molecule has 8 heteroatoms. The van der Waals surface area contributed by atoms with Gasteiger partial charge in [-0.3, -0.25) is 14.7 Å². The Labute approximate surface area is 170 Å². The molecular formula is C20H28N6OS. The maximum Gasteiger partial charge on any atom is 0.252 e. The molecule has 1 atom stereocenters. The number of thioether (sulfide) groups is 1. The lowest BCUT2D eigenvalue weighted by molar-refractivity contribution is 0.198. The first kappa shape index (κ1) is 19.4. The minimum atomic E-state index is -0.0382. The van der Waals surface area contributed by atoms with Crippen molar-refractivity contribution in [2.45, 2.75) is 49.7 Å². The lowest BCUT2D eigenvalue weighted by Crippen LogP contribution is -2.36. The Morgan fingerprint density at radius 1 is 1.14 bits per heavy atom. The molecule has 4 rings (SSSR count). The number of likely N-dealkylation sites (tertiary alicyclic amines) is 1. The average Bonchev–Trinajstić information content (AvgIpc) is 2.75. The zero-order valence-electron chi connectivity index (χ0n) is 16.4. The molecule has 0 aliphatic carbocycles. The van der Waals surface area contributed by atoms with Crippen molar-refractivity contribution >= 4 is 17.7 Å². The van der Waals surface area contributed by atoms with E-state index in [9.17, 15) is 4.79 Å². The number of nitrogens with one attached hydrogen (secondary N) is 1. The Morgan fingerprint density at radius 3 is 2.68 bits per heavy atom. The minimum Gasteiger partial charge on any atom is -0.342 e. The number of hydrogen-bond donors (Lipinski definition) is 1. The van der Waals surface area contributed by atoms with E-state index >= 15 is 0 Å². The van der Waals surface area contributed by atoms with Crippen molar-refractivity contribution < 1.29 is 0 Å². The predicted molar refractivity (Wildman–Crippen MR) is 112 cm³/mol. The lowest BCUT2D eigenvalue weighted by atomic mass is 9.94. The first-order chi connectivity index (χ1) is 13.7. The summed E-state index contributed by atoms with van der Waals surface area (Å²) in [4.78, 5) is 33.5. The molecule has 7 nitrogen and oxygen atoms in total. The number of aromatic amines is 1. The molecule has 0 radical (unpaired) electrons. The van der Waals surface area contributed by atoms with E-state index in [0.29, 0.717) is 5.92 Å². The van der Waals surface area contributed by atoms with Gasteiger partial charge in [-0.25, -0.2) is 15.0 Å². The molecule has 28 heavy (non-hydrogen) atoms. The summed E-state index contributed by atoms with van der Waals surface area (Å²) in [6, 6.07) is 1.69. The van der Waals surface area contributed by atoms with E-state index in [0.717, 1.165) is 67.9 Å². The molecule has 2 aliphatic heterocycles. The molecule has 4 heterocycles. The van der Waals surface area contributed by atoms with E-state index in [1.54, 1.807) is 17.8 Å². The van der Waals surface area contributed by atoms with Gasteiger partial charge in [-0.15, -0.1) is 0 Å². The SMILES string of the molecule is CSc1ncc(CN2CCC[C@@H](c3cc(=O)[nH]c(N4CCCCC4)n3)C2)cn1. The molecule has 150 valence electrons. The fourth-order valence-corrected chi connectivity index (χ4v) is 4.47. The number of rotatable bonds is 5. The smallest absolute Gasteiger partial charge is 0.252 e. The highest BCUT2D eigenvalue weighted by Crippen LogP contribution is 2.27. The van der Waals surface area contributed by atoms with Crippen LogP contribution >= 0.6 is 11.8 Å². The van der Waals surface area contributed by atoms with Crippen LogP contribution in [0.5, 0.6) is 0 Å². The summed E-state index contributed by atoms with van der Waals surface area (Å²) in [5.41, 5.74) is 2.03. The standard InChI is InChI=1S/C20H28N6OS/c1-28-20-21-11-15(12-22-20)13-25-7-5-6-16(14-25)17-10-18(27)24-19(23-17)26-8-3-2-4-9-26/h10-12,16H,2-9,13-14H2,1H3,(H,23,24,27)/t16-/m1/s1. The van der Waals surface area contributed by atoms with Crippen molar-refractivity contribution in [1.29, 1.82) is 0 Å². The topological polar surface area (TPSA) is 78.0 Å². The first-order valence-corrected chi connectivity index (χ1v) is 11.4. The Hall–Kier alpha value is -1.93. The largest absolute Gasteiger partial charge is 0.342 e. The summed E-state index contributed by atoms with van der Waals surface area (Å²) in [5, 5.41) is 0.804. The second-order valence-corrected chi connectivity index (χ2v) is 8.47. The van der Waals surface area contributed by atoms with Crippen LogP contribution < -0.4 is 10.5 Å². The highest BCUT2D eigenvalue weighted by Gasteiger charge is 2.24. The number of H-pyrrole nitrogens is 1. The summed E-state index contributed by atoms with van der Waals surface area (Å²) in [6.45, 7) is 4.78. The molecule has 0 spiro atoms. The third-order valence-corrected chi connectivity index (χ3v) is 6.17. The number of hydrogen-bond acceptors (Lipinski definition) is 7. The Morgan fingerprint density at radius 2 is 1.93 bits per heavy atom. The zero-order valence-corrected chi connectivity index (χ0v) is 17.2. The van der Waals surface area contributed by atoms with E-state index in [4.69, 9.17) is 4.98 Å². The molecule has 2 aromatic rings. The van der Waals surface area contributed by atoms with E-state index in [-0.39, 0.29) is 5.56 Å². The summed E-state index contributed by atoms with van der Waals surface area (Å²) in [7, 11) is 0.